The molecule has 0 unspecified atom stereocenters. The molecule has 4 rings (SSSR count). The van der Waals surface area contributed by atoms with E-state index in [0.29, 0.717) is 11.1 Å². The second kappa shape index (κ2) is 9.98. The number of para-hydroxylation sites is 1. The Labute approximate surface area is 185 Å². The molecule has 0 aliphatic heterocycles. The number of aryl methyl sites for hydroxylation is 1. The van der Waals surface area contributed by atoms with Gasteiger partial charge >= 0.3 is 0 Å². The summed E-state index contributed by atoms with van der Waals surface area (Å²) in [6.07, 6.45) is 3.19. The number of phenols is 1. The van der Waals surface area contributed by atoms with Crippen LogP contribution in [0, 0.1) is 0 Å². The highest BCUT2D eigenvalue weighted by Crippen LogP contribution is 2.29. The molecule has 1 aromatic heterocycles. The molecule has 0 atom stereocenters. The van der Waals surface area contributed by atoms with Crippen LogP contribution in [0.15, 0.2) is 71.0 Å². The van der Waals surface area contributed by atoms with Gasteiger partial charge in [-0.25, -0.2) is 0 Å². The van der Waals surface area contributed by atoms with Gasteiger partial charge in [0.1, 0.15) is 5.75 Å². The van der Waals surface area contributed by atoms with Crippen molar-refractivity contribution in [3.8, 4) is 5.75 Å². The molecule has 0 radical (unpaired) electrons. The quantitative estimate of drug-likeness (QED) is 0.233. The molecule has 1 heterocycles. The highest BCUT2D eigenvalue weighted by molar-refractivity contribution is 6.09. The number of aromatic hydroxyl groups is 1. The summed E-state index contributed by atoms with van der Waals surface area (Å²) in [5.41, 5.74) is 4.54. The summed E-state index contributed by atoms with van der Waals surface area (Å²) in [4.78, 5) is 10.4. The first-order valence-corrected chi connectivity index (χ1v) is 10.5. The molecule has 4 aromatic rings. The maximum absolute atomic E-state index is 9.55. The SMILES string of the molecule is CCn1c2ccccc2c2cc(/C=N/OCCO/N=C/c3ccc(O)c(CO)c3)ccc21. The summed E-state index contributed by atoms with van der Waals surface area (Å²) in [7, 11) is 0. The Morgan fingerprint density at radius 3 is 2.22 bits per heavy atom. The van der Waals surface area contributed by atoms with E-state index >= 15 is 0 Å². The van der Waals surface area contributed by atoms with Crippen LogP contribution in [0.25, 0.3) is 21.8 Å². The van der Waals surface area contributed by atoms with Crippen molar-refractivity contribution in [1.82, 2.24) is 4.57 Å². The minimum Gasteiger partial charge on any atom is -0.508 e. The van der Waals surface area contributed by atoms with Gasteiger partial charge in [0.2, 0.25) is 0 Å². The molecule has 0 saturated heterocycles. The van der Waals surface area contributed by atoms with E-state index in [9.17, 15) is 5.11 Å². The summed E-state index contributed by atoms with van der Waals surface area (Å²) in [6.45, 7) is 3.31. The fourth-order valence-electron chi connectivity index (χ4n) is 3.68. The normalized spacial score (nSPS) is 11.8. The van der Waals surface area contributed by atoms with Crippen molar-refractivity contribution in [2.24, 2.45) is 10.3 Å². The van der Waals surface area contributed by atoms with Crippen molar-refractivity contribution < 1.29 is 19.9 Å². The minimum absolute atomic E-state index is 0.0482. The van der Waals surface area contributed by atoms with Crippen molar-refractivity contribution in [2.45, 2.75) is 20.1 Å². The minimum atomic E-state index is -0.242. The number of nitrogens with zero attached hydrogens (tertiary/aromatic N) is 3. The molecule has 0 aliphatic rings. The first-order valence-electron chi connectivity index (χ1n) is 10.5. The lowest BCUT2D eigenvalue weighted by molar-refractivity contribution is 0.0553. The molecule has 0 fully saturated rings. The third-order valence-electron chi connectivity index (χ3n) is 5.21. The van der Waals surface area contributed by atoms with Crippen LogP contribution in [-0.2, 0) is 22.8 Å². The number of aromatic nitrogens is 1. The Kier molecular flexibility index (Phi) is 6.67. The van der Waals surface area contributed by atoms with Gasteiger partial charge in [0, 0.05) is 33.9 Å². The second-order valence-corrected chi connectivity index (χ2v) is 7.22. The molecule has 0 aliphatic carbocycles. The number of fused-ring (bicyclic) bond motifs is 3. The number of oxime groups is 2. The summed E-state index contributed by atoms with van der Waals surface area (Å²) in [6, 6.07) is 19.5. The van der Waals surface area contributed by atoms with Gasteiger partial charge in [0.25, 0.3) is 0 Å². The molecule has 0 amide bonds. The van der Waals surface area contributed by atoms with Crippen LogP contribution < -0.4 is 0 Å². The zero-order chi connectivity index (χ0) is 22.3. The van der Waals surface area contributed by atoms with Crippen molar-refractivity contribution in [3.63, 3.8) is 0 Å². The summed E-state index contributed by atoms with van der Waals surface area (Å²) in [5.74, 6) is 0.0482. The van der Waals surface area contributed by atoms with E-state index in [1.165, 1.54) is 34.1 Å². The average molecular weight is 431 g/mol. The summed E-state index contributed by atoms with van der Waals surface area (Å²) < 4.78 is 2.31. The lowest BCUT2D eigenvalue weighted by Gasteiger charge is -2.03. The molecule has 7 heteroatoms. The van der Waals surface area contributed by atoms with Gasteiger partial charge in [-0.05, 0) is 54.4 Å². The summed E-state index contributed by atoms with van der Waals surface area (Å²) in [5, 5.41) is 29.0. The van der Waals surface area contributed by atoms with Gasteiger partial charge in [-0.1, -0.05) is 34.6 Å². The second-order valence-electron chi connectivity index (χ2n) is 7.22. The molecule has 2 N–H and O–H groups in total. The first kappa shape index (κ1) is 21.4. The number of benzene rings is 3. The maximum Gasteiger partial charge on any atom is 0.153 e. The Morgan fingerprint density at radius 1 is 0.844 bits per heavy atom. The molecule has 0 saturated carbocycles. The van der Waals surface area contributed by atoms with Crippen LogP contribution in [-0.4, -0.2) is 40.4 Å². The summed E-state index contributed by atoms with van der Waals surface area (Å²) >= 11 is 0. The van der Waals surface area contributed by atoms with Crippen molar-refractivity contribution in [2.75, 3.05) is 13.2 Å². The molecule has 32 heavy (non-hydrogen) atoms. The number of aliphatic hydroxyl groups excluding tert-OH is 1. The van der Waals surface area contributed by atoms with E-state index in [2.05, 4.69) is 58.2 Å². The topological polar surface area (TPSA) is 88.6 Å². The maximum atomic E-state index is 9.55. The van der Waals surface area contributed by atoms with E-state index in [0.717, 1.165) is 12.1 Å². The van der Waals surface area contributed by atoms with Crippen molar-refractivity contribution in [1.29, 1.82) is 0 Å². The first-order chi connectivity index (χ1) is 15.7. The number of aliphatic hydroxyl groups is 1. The van der Waals surface area contributed by atoms with Crippen LogP contribution in [0.3, 0.4) is 0 Å². The standard InChI is InChI=1S/C25H25N3O4/c1-2-28-23-6-4-3-5-21(23)22-14-19(7-9-24(22)28)16-27-32-12-11-31-26-15-18-8-10-25(30)20(13-18)17-29/h3-10,13-16,29-30H,2,11-12,17H2,1H3/b26-15+,27-16+. The van der Waals surface area contributed by atoms with Gasteiger partial charge in [0.05, 0.1) is 19.0 Å². The Hall–Kier alpha value is -3.84. The highest BCUT2D eigenvalue weighted by Gasteiger charge is 2.09. The van der Waals surface area contributed by atoms with Crippen LogP contribution >= 0.6 is 0 Å². The third kappa shape index (κ3) is 4.58. The monoisotopic (exact) mass is 431 g/mol. The average Bonchev–Trinajstić information content (AvgIpc) is 3.14. The van der Waals surface area contributed by atoms with Crippen LogP contribution in [0.5, 0.6) is 5.75 Å². The van der Waals surface area contributed by atoms with Gasteiger partial charge in [-0.15, -0.1) is 0 Å². The third-order valence-corrected chi connectivity index (χ3v) is 5.21. The molecule has 0 spiro atoms. The van der Waals surface area contributed by atoms with Gasteiger partial charge in [-0.2, -0.15) is 0 Å². The van der Waals surface area contributed by atoms with E-state index in [1.807, 2.05) is 6.07 Å². The number of rotatable bonds is 9. The molecule has 164 valence electrons. The molecule has 7 nitrogen and oxygen atoms in total. The van der Waals surface area contributed by atoms with Gasteiger partial charge < -0.3 is 24.5 Å². The fraction of sp³-hybridized carbons (Fsp3) is 0.200. The number of hydrogen-bond acceptors (Lipinski definition) is 6. The zero-order valence-electron chi connectivity index (χ0n) is 17.8. The van der Waals surface area contributed by atoms with Crippen molar-refractivity contribution in [3.05, 3.63) is 77.4 Å². The van der Waals surface area contributed by atoms with Crippen LogP contribution in [0.1, 0.15) is 23.6 Å². The Bertz CT molecular complexity index is 1280. The zero-order valence-corrected chi connectivity index (χ0v) is 17.8. The van der Waals surface area contributed by atoms with Crippen LogP contribution in [0.2, 0.25) is 0 Å². The predicted molar refractivity (Wildman–Crippen MR) is 126 cm³/mol. The van der Waals surface area contributed by atoms with E-state index in [1.54, 1.807) is 18.3 Å². The smallest absolute Gasteiger partial charge is 0.153 e. The van der Waals surface area contributed by atoms with Crippen LogP contribution in [0.4, 0.5) is 0 Å². The van der Waals surface area contributed by atoms with Crippen molar-refractivity contribution >= 4 is 34.2 Å². The largest absolute Gasteiger partial charge is 0.508 e. The van der Waals surface area contributed by atoms with Gasteiger partial charge in [0.15, 0.2) is 13.2 Å². The Balaban J connectivity index is 1.30. The van der Waals surface area contributed by atoms with E-state index in [-0.39, 0.29) is 25.6 Å². The molecular weight excluding hydrogens is 406 g/mol. The predicted octanol–water partition coefficient (Wildman–Crippen LogP) is 4.41. The van der Waals surface area contributed by atoms with E-state index in [4.69, 9.17) is 14.8 Å². The fourth-order valence-corrected chi connectivity index (χ4v) is 3.68. The molecule has 0 bridgehead atoms. The lowest BCUT2D eigenvalue weighted by atomic mass is 10.1. The molecule has 3 aromatic carbocycles. The van der Waals surface area contributed by atoms with E-state index < -0.39 is 0 Å². The highest BCUT2D eigenvalue weighted by atomic mass is 16.7. The van der Waals surface area contributed by atoms with Gasteiger partial charge in [-0.3, -0.25) is 0 Å². The molecular formula is C25H25N3O4. The number of hydrogen-bond donors (Lipinski definition) is 2. The Morgan fingerprint density at radius 2 is 1.50 bits per heavy atom. The lowest BCUT2D eigenvalue weighted by Crippen LogP contribution is -1.98.